The van der Waals surface area contributed by atoms with E-state index < -0.39 is 0 Å². The van der Waals surface area contributed by atoms with Crippen molar-refractivity contribution in [3.63, 3.8) is 0 Å². The van der Waals surface area contributed by atoms with E-state index in [0.29, 0.717) is 0 Å². The van der Waals surface area contributed by atoms with Gasteiger partial charge in [0.25, 0.3) is 0 Å². The molecule has 1 aliphatic heterocycles. The van der Waals surface area contributed by atoms with Crippen molar-refractivity contribution in [1.29, 1.82) is 0 Å². The summed E-state index contributed by atoms with van der Waals surface area (Å²) in [6.07, 6.45) is 0. The van der Waals surface area contributed by atoms with Crippen LogP contribution in [0.25, 0.3) is 65.8 Å². The van der Waals surface area contributed by atoms with E-state index >= 15 is 0 Å². The summed E-state index contributed by atoms with van der Waals surface area (Å²) in [5, 5.41) is 11.4. The van der Waals surface area contributed by atoms with Crippen LogP contribution in [0.4, 0.5) is 11.4 Å². The normalized spacial score (nSPS) is 14.2. The molecule has 1 aliphatic rings. The average Bonchev–Trinajstić information content (AvgIpc) is 3.72. The zero-order chi connectivity index (χ0) is 34.2. The van der Waals surface area contributed by atoms with Crippen molar-refractivity contribution in [2.75, 3.05) is 5.32 Å². The summed E-state index contributed by atoms with van der Waals surface area (Å²) < 4.78 is 4.85. The molecule has 0 fully saturated rings. The lowest BCUT2D eigenvalue weighted by molar-refractivity contribution is 1.01. The van der Waals surface area contributed by atoms with Crippen LogP contribution in [0.1, 0.15) is 17.2 Å². The van der Waals surface area contributed by atoms with Crippen molar-refractivity contribution in [3.05, 3.63) is 193 Å². The molecular weight excluding hydrogens is 633 g/mol. The number of aromatic nitrogens is 2. The second-order valence-electron chi connectivity index (χ2n) is 13.6. The maximum atomic E-state index is 5.30. The first-order valence-electron chi connectivity index (χ1n) is 17.8. The molecule has 1 unspecified atom stereocenters. The van der Waals surface area contributed by atoms with Gasteiger partial charge in [-0.05, 0) is 76.5 Å². The summed E-state index contributed by atoms with van der Waals surface area (Å²) in [6, 6.07) is 65.3. The maximum Gasteiger partial charge on any atom is 0.0947 e. The second-order valence-corrected chi connectivity index (χ2v) is 13.6. The predicted octanol–water partition coefficient (Wildman–Crippen LogP) is 12.3. The van der Waals surface area contributed by atoms with Crippen LogP contribution in [0.15, 0.2) is 187 Å². The molecule has 1 atom stereocenters. The average molecular weight is 665 g/mol. The lowest BCUT2D eigenvalue weighted by atomic mass is 9.94. The first kappa shape index (κ1) is 28.9. The van der Waals surface area contributed by atoms with E-state index in [1.165, 1.54) is 59.9 Å². The molecule has 0 saturated heterocycles. The fraction of sp³-hybridized carbons (Fsp3) is 0.0208. The minimum Gasteiger partial charge on any atom is -0.371 e. The Hall–Kier alpha value is -6.91. The predicted molar refractivity (Wildman–Crippen MR) is 218 cm³/mol. The van der Waals surface area contributed by atoms with Crippen LogP contribution in [0, 0.1) is 0 Å². The number of fused-ring (bicyclic) bond motifs is 9. The molecule has 0 amide bonds. The van der Waals surface area contributed by atoms with Crippen molar-refractivity contribution in [2.45, 2.75) is 6.04 Å². The van der Waals surface area contributed by atoms with Crippen LogP contribution in [-0.2, 0) is 0 Å². The molecule has 52 heavy (non-hydrogen) atoms. The minimum absolute atomic E-state index is 0.0828. The van der Waals surface area contributed by atoms with Crippen molar-refractivity contribution in [1.82, 2.24) is 9.13 Å². The number of rotatable bonds is 4. The van der Waals surface area contributed by atoms with E-state index in [1.54, 1.807) is 0 Å². The lowest BCUT2D eigenvalue weighted by Crippen LogP contribution is -2.25. The molecule has 1 N–H and O–H groups in total. The molecule has 0 aliphatic carbocycles. The Balaban J connectivity index is 1.18. The van der Waals surface area contributed by atoms with Gasteiger partial charge in [0, 0.05) is 32.9 Å². The largest absolute Gasteiger partial charge is 0.371 e. The molecule has 3 heterocycles. The third-order valence-corrected chi connectivity index (χ3v) is 10.7. The molecular formula is C48H32N4. The number of hydrogen-bond acceptors (Lipinski definition) is 2. The number of nitrogens with one attached hydrogen (secondary N) is 1. The van der Waals surface area contributed by atoms with Crippen LogP contribution in [0.2, 0.25) is 0 Å². The van der Waals surface area contributed by atoms with Gasteiger partial charge >= 0.3 is 0 Å². The number of para-hydroxylation sites is 2. The van der Waals surface area contributed by atoms with E-state index in [-0.39, 0.29) is 6.04 Å². The summed E-state index contributed by atoms with van der Waals surface area (Å²) in [6.45, 7) is 0. The van der Waals surface area contributed by atoms with Gasteiger partial charge in [-0.15, -0.1) is 0 Å². The number of hydrogen-bond donors (Lipinski definition) is 1. The van der Waals surface area contributed by atoms with Gasteiger partial charge in [-0.1, -0.05) is 127 Å². The van der Waals surface area contributed by atoms with Gasteiger partial charge in [0.15, 0.2) is 0 Å². The van der Waals surface area contributed by atoms with Gasteiger partial charge in [0.2, 0.25) is 0 Å². The third kappa shape index (κ3) is 4.31. The molecule has 0 radical (unpaired) electrons. The Morgan fingerprint density at radius 3 is 1.94 bits per heavy atom. The second kappa shape index (κ2) is 11.3. The molecule has 11 rings (SSSR count). The number of nitrogens with zero attached hydrogens (tertiary/aromatic N) is 3. The highest BCUT2D eigenvalue weighted by Crippen LogP contribution is 2.43. The molecule has 0 spiro atoms. The Morgan fingerprint density at radius 1 is 0.442 bits per heavy atom. The number of anilines is 1. The third-order valence-electron chi connectivity index (χ3n) is 10.7. The Bertz CT molecular complexity index is 3030. The highest BCUT2D eigenvalue weighted by molar-refractivity contribution is 6.25. The molecule has 0 saturated carbocycles. The topological polar surface area (TPSA) is 34.2 Å². The summed E-state index contributed by atoms with van der Waals surface area (Å²) in [5.41, 5.74) is 12.3. The SMILES string of the molecule is c1ccc(C2=Nc3ccc(-n4c5ccccc5c5cc6c7c8ccccc8ccc7n(-c7ccccc7)c6cc54)cc3NC2c2ccccc2)cc1. The summed E-state index contributed by atoms with van der Waals surface area (Å²) >= 11 is 0. The molecule has 8 aromatic carbocycles. The smallest absolute Gasteiger partial charge is 0.0947 e. The van der Waals surface area contributed by atoms with E-state index in [4.69, 9.17) is 4.99 Å². The number of aliphatic imine (C=N–C) groups is 1. The van der Waals surface area contributed by atoms with E-state index in [1.807, 2.05) is 0 Å². The fourth-order valence-electron chi connectivity index (χ4n) is 8.40. The highest BCUT2D eigenvalue weighted by Gasteiger charge is 2.26. The van der Waals surface area contributed by atoms with E-state index in [9.17, 15) is 0 Å². The van der Waals surface area contributed by atoms with Crippen LogP contribution in [0.3, 0.4) is 0 Å². The van der Waals surface area contributed by atoms with Gasteiger partial charge < -0.3 is 14.5 Å². The Labute approximate surface area is 300 Å². The fourth-order valence-corrected chi connectivity index (χ4v) is 8.40. The maximum absolute atomic E-state index is 5.30. The van der Waals surface area contributed by atoms with Gasteiger partial charge in [0.05, 0.1) is 45.2 Å². The van der Waals surface area contributed by atoms with E-state index in [2.05, 4.69) is 196 Å². The van der Waals surface area contributed by atoms with Gasteiger partial charge in [0.1, 0.15) is 0 Å². The quantitative estimate of drug-likeness (QED) is 0.200. The molecule has 4 nitrogen and oxygen atoms in total. The first-order chi connectivity index (χ1) is 25.8. The zero-order valence-corrected chi connectivity index (χ0v) is 28.2. The lowest BCUT2D eigenvalue weighted by Gasteiger charge is -2.28. The van der Waals surface area contributed by atoms with Crippen molar-refractivity contribution < 1.29 is 0 Å². The molecule has 10 aromatic rings. The number of benzene rings is 8. The van der Waals surface area contributed by atoms with Crippen molar-refractivity contribution in [3.8, 4) is 11.4 Å². The molecule has 244 valence electrons. The van der Waals surface area contributed by atoms with Crippen molar-refractivity contribution in [2.24, 2.45) is 4.99 Å². The standard InChI is InChI=1S/C48H32N4/c1-4-15-32(16-5-1)47-48(33-17-6-2-7-18-33)50-41-28-35(25-26-40(41)49-47)52-42-23-13-12-22-37(42)38-29-39-45(30-44(38)52)51(34-19-8-3-9-20-34)43-27-24-31-14-10-11-21-36(31)46(39)43/h1-30,48,50H. The Kier molecular flexibility index (Phi) is 6.28. The summed E-state index contributed by atoms with van der Waals surface area (Å²) in [7, 11) is 0. The van der Waals surface area contributed by atoms with Gasteiger partial charge in [-0.3, -0.25) is 0 Å². The zero-order valence-electron chi connectivity index (χ0n) is 28.2. The highest BCUT2D eigenvalue weighted by atomic mass is 15.0. The molecule has 2 aromatic heterocycles. The van der Waals surface area contributed by atoms with E-state index in [0.717, 1.165) is 34.0 Å². The first-order valence-corrected chi connectivity index (χ1v) is 17.8. The van der Waals surface area contributed by atoms with Crippen LogP contribution >= 0.6 is 0 Å². The Morgan fingerprint density at radius 2 is 1.12 bits per heavy atom. The minimum atomic E-state index is -0.0828. The summed E-state index contributed by atoms with van der Waals surface area (Å²) in [4.78, 5) is 5.30. The van der Waals surface area contributed by atoms with Crippen LogP contribution < -0.4 is 5.32 Å². The van der Waals surface area contributed by atoms with Gasteiger partial charge in [-0.2, -0.15) is 0 Å². The molecule has 0 bridgehead atoms. The van der Waals surface area contributed by atoms with Crippen LogP contribution in [0.5, 0.6) is 0 Å². The van der Waals surface area contributed by atoms with Crippen molar-refractivity contribution >= 4 is 71.5 Å². The van der Waals surface area contributed by atoms with Gasteiger partial charge in [-0.25, -0.2) is 4.99 Å². The monoisotopic (exact) mass is 664 g/mol. The summed E-state index contributed by atoms with van der Waals surface area (Å²) in [5.74, 6) is 0. The molecule has 4 heteroatoms. The van der Waals surface area contributed by atoms with Crippen LogP contribution in [-0.4, -0.2) is 14.8 Å².